The molecule has 0 aliphatic heterocycles. The van der Waals surface area contributed by atoms with Crippen LogP contribution in [0.2, 0.25) is 0 Å². The van der Waals surface area contributed by atoms with E-state index in [-0.39, 0.29) is 5.76 Å². The van der Waals surface area contributed by atoms with Crippen molar-refractivity contribution in [3.8, 4) is 0 Å². The second-order valence-corrected chi connectivity index (χ2v) is 2.01. The molecule has 2 N–H and O–H groups in total. The van der Waals surface area contributed by atoms with Gasteiger partial charge in [0.1, 0.15) is 0 Å². The summed E-state index contributed by atoms with van der Waals surface area (Å²) in [6, 6.07) is 0. The number of hydrogen-bond donors (Lipinski definition) is 1. The molecular weight excluding hydrogens is 132 g/mol. The molecular formula is C6H8N2O2. The molecule has 0 aliphatic rings. The number of nitrogens with zero attached hydrogens (tertiary/aromatic N) is 1. The highest BCUT2D eigenvalue weighted by molar-refractivity contribution is 5.90. The molecule has 1 aromatic rings. The normalized spacial score (nSPS) is 9.80. The van der Waals surface area contributed by atoms with Gasteiger partial charge in [-0.15, -0.1) is 0 Å². The van der Waals surface area contributed by atoms with Gasteiger partial charge in [0.25, 0.3) is 5.91 Å². The summed E-state index contributed by atoms with van der Waals surface area (Å²) >= 11 is 0. The number of hydrogen-bond acceptors (Lipinski definition) is 3. The minimum absolute atomic E-state index is 0.150. The highest BCUT2D eigenvalue weighted by atomic mass is 16.4. The highest BCUT2D eigenvalue weighted by Crippen LogP contribution is 2.07. The quantitative estimate of drug-likeness (QED) is 0.613. The summed E-state index contributed by atoms with van der Waals surface area (Å²) in [6.07, 6.45) is 0. The maximum Gasteiger partial charge on any atom is 0.286 e. The van der Waals surface area contributed by atoms with Crippen LogP contribution in [0.5, 0.6) is 0 Å². The first kappa shape index (κ1) is 6.80. The SMILES string of the molecule is Cc1nc(C)c(C(N)=O)o1. The molecule has 10 heavy (non-hydrogen) atoms. The average molecular weight is 140 g/mol. The van der Waals surface area contributed by atoms with Crippen molar-refractivity contribution in [2.45, 2.75) is 13.8 Å². The van der Waals surface area contributed by atoms with E-state index < -0.39 is 5.91 Å². The maximum absolute atomic E-state index is 10.5. The fourth-order valence-electron chi connectivity index (χ4n) is 0.760. The number of amides is 1. The topological polar surface area (TPSA) is 69.1 Å². The van der Waals surface area contributed by atoms with Crippen molar-refractivity contribution < 1.29 is 9.21 Å². The maximum atomic E-state index is 10.5. The molecule has 0 aliphatic carbocycles. The number of rotatable bonds is 1. The summed E-state index contributed by atoms with van der Waals surface area (Å²) in [5.74, 6) is 0.0434. The first-order chi connectivity index (χ1) is 4.61. The van der Waals surface area contributed by atoms with Crippen LogP contribution in [0.15, 0.2) is 4.42 Å². The van der Waals surface area contributed by atoms with E-state index >= 15 is 0 Å². The first-order valence-corrected chi connectivity index (χ1v) is 2.85. The summed E-state index contributed by atoms with van der Waals surface area (Å²) in [4.78, 5) is 14.4. The first-order valence-electron chi connectivity index (χ1n) is 2.85. The zero-order valence-corrected chi connectivity index (χ0v) is 5.84. The van der Waals surface area contributed by atoms with Crippen LogP contribution >= 0.6 is 0 Å². The number of oxazole rings is 1. The van der Waals surface area contributed by atoms with Crippen LogP contribution in [-0.2, 0) is 0 Å². The molecule has 0 saturated heterocycles. The predicted molar refractivity (Wildman–Crippen MR) is 34.5 cm³/mol. The second-order valence-electron chi connectivity index (χ2n) is 2.01. The third kappa shape index (κ3) is 1.00. The number of primary amides is 1. The van der Waals surface area contributed by atoms with Crippen LogP contribution in [0, 0.1) is 13.8 Å². The Morgan fingerprint density at radius 2 is 2.20 bits per heavy atom. The smallest absolute Gasteiger partial charge is 0.286 e. The van der Waals surface area contributed by atoms with Crippen LogP contribution in [0.25, 0.3) is 0 Å². The number of nitrogens with two attached hydrogens (primary N) is 1. The van der Waals surface area contributed by atoms with E-state index in [0.717, 1.165) is 0 Å². The lowest BCUT2D eigenvalue weighted by Crippen LogP contribution is -2.10. The summed E-state index contributed by atoms with van der Waals surface area (Å²) in [6.45, 7) is 3.34. The lowest BCUT2D eigenvalue weighted by molar-refractivity contribution is 0.0972. The van der Waals surface area contributed by atoms with Gasteiger partial charge < -0.3 is 10.2 Å². The van der Waals surface area contributed by atoms with Gasteiger partial charge in [-0.3, -0.25) is 4.79 Å². The Bertz CT molecular complexity index is 265. The molecule has 1 heterocycles. The van der Waals surface area contributed by atoms with Crippen molar-refractivity contribution >= 4 is 5.91 Å². The van der Waals surface area contributed by atoms with Crippen molar-refractivity contribution in [1.82, 2.24) is 4.98 Å². The van der Waals surface area contributed by atoms with E-state index in [1.165, 1.54) is 0 Å². The van der Waals surface area contributed by atoms with E-state index in [9.17, 15) is 4.79 Å². The Hall–Kier alpha value is -1.32. The summed E-state index contributed by atoms with van der Waals surface area (Å²) in [5, 5.41) is 0. The molecule has 1 amide bonds. The van der Waals surface area contributed by atoms with Gasteiger partial charge in [-0.25, -0.2) is 4.98 Å². The van der Waals surface area contributed by atoms with Gasteiger partial charge in [0.05, 0.1) is 5.69 Å². The van der Waals surface area contributed by atoms with Crippen LogP contribution in [-0.4, -0.2) is 10.9 Å². The third-order valence-corrected chi connectivity index (χ3v) is 1.13. The number of aryl methyl sites for hydroxylation is 2. The minimum Gasteiger partial charge on any atom is -0.436 e. The summed E-state index contributed by atoms with van der Waals surface area (Å²) in [7, 11) is 0. The molecule has 0 unspecified atom stereocenters. The number of aromatic nitrogens is 1. The molecule has 4 nitrogen and oxygen atoms in total. The molecule has 0 fully saturated rings. The highest BCUT2D eigenvalue weighted by Gasteiger charge is 2.10. The molecule has 0 saturated carbocycles. The summed E-state index contributed by atoms with van der Waals surface area (Å²) in [5.41, 5.74) is 5.50. The van der Waals surface area contributed by atoms with Crippen molar-refractivity contribution in [2.24, 2.45) is 5.73 Å². The number of carbonyl (C=O) groups excluding carboxylic acids is 1. The standard InChI is InChI=1S/C6H8N2O2/c1-3-5(6(7)9)10-4(2)8-3/h1-2H3,(H2,7,9). The molecule has 0 aromatic carbocycles. The molecule has 0 atom stereocenters. The van der Waals surface area contributed by atoms with Crippen LogP contribution in [0.3, 0.4) is 0 Å². The Kier molecular flexibility index (Phi) is 1.45. The van der Waals surface area contributed by atoms with Crippen LogP contribution in [0.4, 0.5) is 0 Å². The van der Waals surface area contributed by atoms with E-state index in [1.807, 2.05) is 0 Å². The minimum atomic E-state index is -0.571. The van der Waals surface area contributed by atoms with Gasteiger partial charge in [0.2, 0.25) is 5.76 Å². The van der Waals surface area contributed by atoms with Gasteiger partial charge in [-0.05, 0) is 6.92 Å². The van der Waals surface area contributed by atoms with Crippen LogP contribution in [0.1, 0.15) is 22.1 Å². The average Bonchev–Trinajstić information content (AvgIpc) is 2.10. The Balaban J connectivity index is 3.15. The second kappa shape index (κ2) is 2.13. The Labute approximate surface area is 58.0 Å². The van der Waals surface area contributed by atoms with Gasteiger partial charge in [0.15, 0.2) is 5.89 Å². The molecule has 0 spiro atoms. The largest absolute Gasteiger partial charge is 0.436 e. The lowest BCUT2D eigenvalue weighted by atomic mass is 10.4. The lowest BCUT2D eigenvalue weighted by Gasteiger charge is -1.85. The van der Waals surface area contributed by atoms with Gasteiger partial charge in [0, 0.05) is 6.92 Å². The van der Waals surface area contributed by atoms with E-state index in [4.69, 9.17) is 10.2 Å². The molecule has 1 rings (SSSR count). The fraction of sp³-hybridized carbons (Fsp3) is 0.333. The Morgan fingerprint density at radius 3 is 2.40 bits per heavy atom. The van der Waals surface area contributed by atoms with Crippen molar-refractivity contribution in [2.75, 3.05) is 0 Å². The van der Waals surface area contributed by atoms with Crippen molar-refractivity contribution in [3.63, 3.8) is 0 Å². The van der Waals surface area contributed by atoms with E-state index in [1.54, 1.807) is 13.8 Å². The fourth-order valence-corrected chi connectivity index (χ4v) is 0.760. The zero-order valence-electron chi connectivity index (χ0n) is 5.84. The van der Waals surface area contributed by atoms with Crippen molar-refractivity contribution in [1.29, 1.82) is 0 Å². The third-order valence-electron chi connectivity index (χ3n) is 1.13. The summed E-state index contributed by atoms with van der Waals surface area (Å²) < 4.78 is 4.89. The monoisotopic (exact) mass is 140 g/mol. The van der Waals surface area contributed by atoms with Gasteiger partial charge in [-0.2, -0.15) is 0 Å². The molecule has 0 radical (unpaired) electrons. The van der Waals surface area contributed by atoms with E-state index in [0.29, 0.717) is 11.6 Å². The van der Waals surface area contributed by atoms with Crippen molar-refractivity contribution in [3.05, 3.63) is 17.3 Å². The van der Waals surface area contributed by atoms with Gasteiger partial charge in [-0.1, -0.05) is 0 Å². The molecule has 4 heteroatoms. The van der Waals surface area contributed by atoms with Crippen LogP contribution < -0.4 is 5.73 Å². The predicted octanol–water partition coefficient (Wildman–Crippen LogP) is 0.390. The van der Waals surface area contributed by atoms with Gasteiger partial charge >= 0.3 is 0 Å². The van der Waals surface area contributed by atoms with E-state index in [2.05, 4.69) is 4.98 Å². The molecule has 1 aromatic heterocycles. The molecule has 0 bridgehead atoms. The Morgan fingerprint density at radius 1 is 1.60 bits per heavy atom. The molecule has 54 valence electrons. The number of carbonyl (C=O) groups is 1. The zero-order chi connectivity index (χ0) is 7.72.